The molecule has 2 heterocycles. The molecule has 0 radical (unpaired) electrons. The lowest BCUT2D eigenvalue weighted by atomic mass is 10.3. The van der Waals surface area contributed by atoms with E-state index < -0.39 is 10.0 Å². The van der Waals surface area contributed by atoms with Crippen LogP contribution in [0, 0.1) is 0 Å². The number of nitrogens with one attached hydrogen (secondary N) is 2. The topological polar surface area (TPSA) is 58.2 Å². The average Bonchev–Trinajstić information content (AvgIpc) is 3.06. The minimum absolute atomic E-state index is 0.354. The van der Waals surface area contributed by atoms with Gasteiger partial charge in [-0.25, -0.2) is 13.1 Å². The van der Waals surface area contributed by atoms with E-state index in [1.54, 1.807) is 22.8 Å². The van der Waals surface area contributed by atoms with Gasteiger partial charge in [0.1, 0.15) is 0 Å². The largest absolute Gasteiger partial charge is 0.312 e. The lowest BCUT2D eigenvalue weighted by molar-refractivity contribution is 0.582. The van der Waals surface area contributed by atoms with E-state index in [1.165, 1.54) is 11.3 Å². The van der Waals surface area contributed by atoms with Crippen molar-refractivity contribution in [3.63, 3.8) is 0 Å². The van der Waals surface area contributed by atoms with Crippen LogP contribution in [0.1, 0.15) is 16.7 Å². The van der Waals surface area contributed by atoms with Gasteiger partial charge in [0, 0.05) is 28.2 Å². The molecule has 2 aromatic heterocycles. The van der Waals surface area contributed by atoms with E-state index in [4.69, 9.17) is 0 Å². The average molecular weight is 409 g/mol. The minimum atomic E-state index is -3.40. The Bertz CT molecular complexity index is 679. The Morgan fingerprint density at radius 1 is 1.29 bits per heavy atom. The molecule has 0 aliphatic carbocycles. The molecule has 2 aromatic rings. The van der Waals surface area contributed by atoms with Crippen molar-refractivity contribution < 1.29 is 8.42 Å². The van der Waals surface area contributed by atoms with Crippen LogP contribution in [0.2, 0.25) is 0 Å². The predicted molar refractivity (Wildman–Crippen MR) is 92.6 cm³/mol. The summed E-state index contributed by atoms with van der Waals surface area (Å²) in [6.45, 7) is 4.01. The van der Waals surface area contributed by atoms with Crippen LogP contribution in [0.3, 0.4) is 0 Å². The van der Waals surface area contributed by atoms with Gasteiger partial charge in [0.2, 0.25) is 10.0 Å². The third kappa shape index (κ3) is 5.15. The van der Waals surface area contributed by atoms with Crippen molar-refractivity contribution in [2.24, 2.45) is 0 Å². The molecule has 0 spiro atoms. The molecule has 0 aliphatic rings. The lowest BCUT2D eigenvalue weighted by Crippen LogP contribution is -2.25. The molecule has 0 aromatic carbocycles. The van der Waals surface area contributed by atoms with Gasteiger partial charge >= 0.3 is 0 Å². The summed E-state index contributed by atoms with van der Waals surface area (Å²) < 4.78 is 28.1. The van der Waals surface area contributed by atoms with Crippen LogP contribution in [-0.4, -0.2) is 21.5 Å². The van der Waals surface area contributed by atoms with E-state index in [2.05, 4.69) is 26.0 Å². The first-order chi connectivity index (χ1) is 10.0. The smallest absolute Gasteiger partial charge is 0.241 e. The van der Waals surface area contributed by atoms with Crippen molar-refractivity contribution in [2.45, 2.75) is 24.8 Å². The van der Waals surface area contributed by atoms with Crippen LogP contribution >= 0.6 is 38.6 Å². The highest BCUT2D eigenvalue weighted by molar-refractivity contribution is 9.11. The van der Waals surface area contributed by atoms with Gasteiger partial charge in [-0.05, 0) is 47.1 Å². The van der Waals surface area contributed by atoms with E-state index in [0.29, 0.717) is 24.4 Å². The molecular weight excluding hydrogens is 392 g/mol. The lowest BCUT2D eigenvalue weighted by Gasteiger charge is -2.03. The van der Waals surface area contributed by atoms with Gasteiger partial charge in [-0.15, -0.1) is 22.7 Å². The maximum atomic E-state index is 12.2. The van der Waals surface area contributed by atoms with Gasteiger partial charge in [-0.2, -0.15) is 0 Å². The molecule has 0 unspecified atom stereocenters. The van der Waals surface area contributed by atoms with Crippen molar-refractivity contribution in [3.8, 4) is 0 Å². The number of halogens is 1. The Morgan fingerprint density at radius 2 is 2.10 bits per heavy atom. The molecule has 0 bridgehead atoms. The molecule has 116 valence electrons. The highest BCUT2D eigenvalue weighted by atomic mass is 79.9. The Balaban J connectivity index is 1.90. The second kappa shape index (κ2) is 7.85. The number of thiophene rings is 2. The fourth-order valence-corrected chi connectivity index (χ4v) is 5.48. The summed E-state index contributed by atoms with van der Waals surface area (Å²) in [5.41, 5.74) is 0. The fourth-order valence-electron chi connectivity index (χ4n) is 1.72. The summed E-state index contributed by atoms with van der Waals surface area (Å²) >= 11 is 6.49. The van der Waals surface area contributed by atoms with Crippen molar-refractivity contribution in [1.29, 1.82) is 0 Å². The number of sulfonamides is 1. The summed E-state index contributed by atoms with van der Waals surface area (Å²) in [5.74, 6) is 0. The van der Waals surface area contributed by atoms with E-state index in [0.717, 1.165) is 20.1 Å². The summed E-state index contributed by atoms with van der Waals surface area (Å²) in [4.78, 5) is 2.54. The number of hydrogen-bond acceptors (Lipinski definition) is 5. The van der Waals surface area contributed by atoms with E-state index in [1.807, 2.05) is 19.1 Å². The molecule has 0 amide bonds. The highest BCUT2D eigenvalue weighted by Crippen LogP contribution is 2.22. The standard InChI is InChI=1S/C13H17BrN2O2S3/c1-2-15-8-11-7-12(9-19-11)21(17,18)16-6-5-10-3-4-13(14)20-10/h3-4,7,9,15-16H,2,5-6,8H2,1H3. The third-order valence-electron chi connectivity index (χ3n) is 2.78. The maximum absolute atomic E-state index is 12.2. The molecule has 8 heteroatoms. The summed E-state index contributed by atoms with van der Waals surface area (Å²) in [6, 6.07) is 5.71. The van der Waals surface area contributed by atoms with Gasteiger partial charge < -0.3 is 5.32 Å². The minimum Gasteiger partial charge on any atom is -0.312 e. The van der Waals surface area contributed by atoms with E-state index >= 15 is 0 Å². The number of hydrogen-bond donors (Lipinski definition) is 2. The van der Waals surface area contributed by atoms with Crippen molar-refractivity contribution in [3.05, 3.63) is 37.1 Å². The fraction of sp³-hybridized carbons (Fsp3) is 0.385. The van der Waals surface area contributed by atoms with Gasteiger partial charge in [0.15, 0.2) is 0 Å². The predicted octanol–water partition coefficient (Wildman–Crippen LogP) is 3.20. The van der Waals surface area contributed by atoms with Crippen molar-refractivity contribution in [1.82, 2.24) is 10.0 Å². The summed E-state index contributed by atoms with van der Waals surface area (Å²) in [7, 11) is -3.40. The molecule has 21 heavy (non-hydrogen) atoms. The quantitative estimate of drug-likeness (QED) is 0.704. The van der Waals surface area contributed by atoms with Crippen LogP contribution in [0.15, 0.2) is 32.3 Å². The zero-order chi connectivity index (χ0) is 15.3. The monoisotopic (exact) mass is 408 g/mol. The summed E-state index contributed by atoms with van der Waals surface area (Å²) in [6.07, 6.45) is 0.698. The maximum Gasteiger partial charge on any atom is 0.241 e. The Morgan fingerprint density at radius 3 is 2.76 bits per heavy atom. The van der Waals surface area contributed by atoms with Crippen molar-refractivity contribution in [2.75, 3.05) is 13.1 Å². The van der Waals surface area contributed by atoms with Crippen LogP contribution in [-0.2, 0) is 23.0 Å². The van der Waals surface area contributed by atoms with Gasteiger partial charge in [0.05, 0.1) is 8.68 Å². The first kappa shape index (κ1) is 17.1. The summed E-state index contributed by atoms with van der Waals surface area (Å²) in [5, 5.41) is 4.88. The molecule has 2 rings (SSSR count). The molecule has 2 N–H and O–H groups in total. The molecule has 0 fully saturated rings. The second-order valence-corrected chi connectivity index (χ2v) is 9.69. The highest BCUT2D eigenvalue weighted by Gasteiger charge is 2.15. The van der Waals surface area contributed by atoms with Crippen LogP contribution in [0.4, 0.5) is 0 Å². The Kier molecular flexibility index (Phi) is 6.39. The molecule has 4 nitrogen and oxygen atoms in total. The first-order valence-electron chi connectivity index (χ1n) is 6.53. The van der Waals surface area contributed by atoms with Crippen molar-refractivity contribution >= 4 is 48.6 Å². The molecule has 0 saturated heterocycles. The number of rotatable bonds is 8. The molecule has 0 aliphatic heterocycles. The van der Waals surface area contributed by atoms with Crippen LogP contribution in [0.25, 0.3) is 0 Å². The Labute approximate surface area is 141 Å². The molecule has 0 atom stereocenters. The Hall–Kier alpha value is -0.250. The van der Waals surface area contributed by atoms with Gasteiger partial charge in [-0.3, -0.25) is 0 Å². The van der Waals surface area contributed by atoms with Gasteiger partial charge in [-0.1, -0.05) is 6.92 Å². The zero-order valence-corrected chi connectivity index (χ0v) is 15.6. The van der Waals surface area contributed by atoms with E-state index in [-0.39, 0.29) is 0 Å². The zero-order valence-electron chi connectivity index (χ0n) is 11.6. The van der Waals surface area contributed by atoms with Crippen LogP contribution in [0.5, 0.6) is 0 Å². The molecular formula is C13H17BrN2O2S3. The molecule has 0 saturated carbocycles. The third-order valence-corrected chi connectivity index (χ3v) is 6.99. The second-order valence-electron chi connectivity index (χ2n) is 4.38. The SMILES string of the molecule is CCNCc1cc(S(=O)(=O)NCCc2ccc(Br)s2)cs1. The van der Waals surface area contributed by atoms with E-state index in [9.17, 15) is 8.42 Å². The first-order valence-corrected chi connectivity index (χ1v) is 10.5. The van der Waals surface area contributed by atoms with Gasteiger partial charge in [0.25, 0.3) is 0 Å². The van der Waals surface area contributed by atoms with Crippen LogP contribution < -0.4 is 10.0 Å². The normalized spacial score (nSPS) is 11.9.